The molecule has 2 amide bonds. The number of piperazine rings is 1. The summed E-state index contributed by atoms with van der Waals surface area (Å²) in [6.45, 7) is 0.817. The molecule has 7 heteroatoms. The molecular weight excluding hydrogens is 260 g/mol. The van der Waals surface area contributed by atoms with Crippen molar-refractivity contribution in [1.82, 2.24) is 10.2 Å². The first-order valence-corrected chi connectivity index (χ1v) is 5.65. The number of hydrogen-bond donors (Lipinski definition) is 3. The molecule has 1 aromatic rings. The first-order chi connectivity index (χ1) is 8.50. The van der Waals surface area contributed by atoms with Crippen LogP contribution >= 0.6 is 11.6 Å². The molecule has 3 N–H and O–H groups in total. The number of nitrogens with zero attached hydrogens (tertiary/aromatic N) is 1. The minimum atomic E-state index is -0.624. The van der Waals surface area contributed by atoms with Crippen molar-refractivity contribution in [2.24, 2.45) is 0 Å². The van der Waals surface area contributed by atoms with Crippen LogP contribution < -0.4 is 5.32 Å². The lowest BCUT2D eigenvalue weighted by molar-refractivity contribution is -0.129. The lowest BCUT2D eigenvalue weighted by Gasteiger charge is -2.25. The van der Waals surface area contributed by atoms with E-state index in [1.807, 2.05) is 0 Å². The molecule has 6 nitrogen and oxygen atoms in total. The average molecular weight is 271 g/mol. The van der Waals surface area contributed by atoms with Gasteiger partial charge in [0.1, 0.15) is 11.5 Å². The summed E-state index contributed by atoms with van der Waals surface area (Å²) in [6, 6.07) is 2.12. The molecule has 0 spiro atoms. The summed E-state index contributed by atoms with van der Waals surface area (Å²) < 4.78 is 0. The van der Waals surface area contributed by atoms with E-state index in [2.05, 4.69) is 5.32 Å². The summed E-state index contributed by atoms with van der Waals surface area (Å²) in [7, 11) is 0. The maximum absolute atomic E-state index is 12.1. The molecule has 0 saturated carbocycles. The Labute approximate surface area is 108 Å². The van der Waals surface area contributed by atoms with Crippen molar-refractivity contribution >= 4 is 23.4 Å². The third kappa shape index (κ3) is 2.25. The highest BCUT2D eigenvalue weighted by atomic mass is 35.5. The molecular formula is C11H11ClN2O4. The number of aromatic hydroxyl groups is 2. The lowest BCUT2D eigenvalue weighted by atomic mass is 10.1. The number of halogens is 1. The number of rotatable bonds is 1. The Balaban J connectivity index is 2.33. The number of carbonyl (C=O) groups excluding carboxylic acids is 2. The highest BCUT2D eigenvalue weighted by Crippen LogP contribution is 2.31. The Morgan fingerprint density at radius 3 is 2.72 bits per heavy atom. The highest BCUT2D eigenvalue weighted by Gasteiger charge is 2.27. The number of amides is 2. The fourth-order valence-corrected chi connectivity index (χ4v) is 1.85. The third-order valence-corrected chi connectivity index (χ3v) is 2.93. The second-order valence-electron chi connectivity index (χ2n) is 3.85. The quantitative estimate of drug-likeness (QED) is 0.640. The van der Waals surface area contributed by atoms with Crippen LogP contribution in [0.5, 0.6) is 11.5 Å². The smallest absolute Gasteiger partial charge is 0.264 e. The molecule has 1 heterocycles. The van der Waals surface area contributed by atoms with Crippen molar-refractivity contribution in [2.45, 2.75) is 0 Å². The van der Waals surface area contributed by atoms with Gasteiger partial charge in [0.05, 0.1) is 17.1 Å². The highest BCUT2D eigenvalue weighted by molar-refractivity contribution is 6.32. The summed E-state index contributed by atoms with van der Waals surface area (Å²) >= 11 is 5.68. The summed E-state index contributed by atoms with van der Waals surface area (Å²) in [5.41, 5.74) is -0.104. The molecule has 0 radical (unpaired) electrons. The number of benzene rings is 1. The normalized spacial score (nSPS) is 15.8. The van der Waals surface area contributed by atoms with Crippen LogP contribution in [0.15, 0.2) is 12.1 Å². The topological polar surface area (TPSA) is 89.9 Å². The molecule has 1 aliphatic heterocycles. The maximum atomic E-state index is 12.1. The van der Waals surface area contributed by atoms with Gasteiger partial charge in [0.2, 0.25) is 5.91 Å². The molecule has 2 rings (SSSR count). The third-order valence-electron chi connectivity index (χ3n) is 2.63. The number of phenolic OH excluding ortho intramolecular Hbond substituents is 2. The van der Waals surface area contributed by atoms with Crippen molar-refractivity contribution in [3.63, 3.8) is 0 Å². The van der Waals surface area contributed by atoms with E-state index in [0.717, 1.165) is 17.0 Å². The van der Waals surface area contributed by atoms with Gasteiger partial charge in [-0.3, -0.25) is 14.5 Å². The summed E-state index contributed by atoms with van der Waals surface area (Å²) in [6.07, 6.45) is 0. The van der Waals surface area contributed by atoms with E-state index in [0.29, 0.717) is 6.54 Å². The van der Waals surface area contributed by atoms with Gasteiger partial charge in [-0.1, -0.05) is 11.6 Å². The van der Waals surface area contributed by atoms with Gasteiger partial charge in [-0.05, 0) is 6.07 Å². The minimum Gasteiger partial charge on any atom is -0.507 e. The maximum Gasteiger partial charge on any atom is 0.264 e. The monoisotopic (exact) mass is 270 g/mol. The van der Waals surface area contributed by atoms with Crippen LogP contribution in [-0.2, 0) is 4.79 Å². The van der Waals surface area contributed by atoms with Crippen LogP contribution in [0.1, 0.15) is 10.4 Å². The van der Waals surface area contributed by atoms with Crippen LogP contribution in [0.3, 0.4) is 0 Å². The predicted molar refractivity (Wildman–Crippen MR) is 63.7 cm³/mol. The van der Waals surface area contributed by atoms with Crippen molar-refractivity contribution < 1.29 is 19.8 Å². The number of nitrogens with one attached hydrogen (secondary N) is 1. The van der Waals surface area contributed by atoms with Crippen LogP contribution in [0.4, 0.5) is 0 Å². The molecule has 1 aliphatic rings. The second kappa shape index (κ2) is 4.83. The fourth-order valence-electron chi connectivity index (χ4n) is 1.69. The lowest BCUT2D eigenvalue weighted by Crippen LogP contribution is -2.50. The van der Waals surface area contributed by atoms with E-state index in [9.17, 15) is 19.8 Å². The van der Waals surface area contributed by atoms with Crippen LogP contribution in [0.25, 0.3) is 0 Å². The van der Waals surface area contributed by atoms with E-state index in [4.69, 9.17) is 11.6 Å². The molecule has 1 saturated heterocycles. The zero-order valence-electron chi connectivity index (χ0n) is 9.31. The first kappa shape index (κ1) is 12.7. The summed E-state index contributed by atoms with van der Waals surface area (Å²) in [5, 5.41) is 21.7. The molecule has 0 aromatic heterocycles. The number of hydrogen-bond acceptors (Lipinski definition) is 5. The number of imide groups is 1. The van der Waals surface area contributed by atoms with E-state index in [1.165, 1.54) is 0 Å². The second-order valence-corrected chi connectivity index (χ2v) is 4.26. The Kier molecular flexibility index (Phi) is 3.40. The predicted octanol–water partition coefficient (Wildman–Crippen LogP) is 0.323. The van der Waals surface area contributed by atoms with E-state index >= 15 is 0 Å². The standard InChI is InChI=1S/C11H11ClN2O4/c12-7-3-6(8(15)4-9(7)16)11(18)14-2-1-13-5-10(14)17/h3-4,13,15-16H,1-2,5H2. The van der Waals surface area contributed by atoms with E-state index in [1.54, 1.807) is 0 Å². The van der Waals surface area contributed by atoms with Gasteiger partial charge in [0.15, 0.2) is 0 Å². The Hall–Kier alpha value is -1.79. The van der Waals surface area contributed by atoms with Crippen molar-refractivity contribution in [2.75, 3.05) is 19.6 Å². The molecule has 1 aromatic carbocycles. The molecule has 1 fully saturated rings. The molecule has 0 unspecified atom stereocenters. The van der Waals surface area contributed by atoms with Gasteiger partial charge in [0, 0.05) is 19.2 Å². The van der Waals surface area contributed by atoms with Crippen LogP contribution in [0, 0.1) is 0 Å². The van der Waals surface area contributed by atoms with Crippen LogP contribution in [0.2, 0.25) is 5.02 Å². The summed E-state index contributed by atoms with van der Waals surface area (Å²) in [5.74, 6) is -1.72. The van der Waals surface area contributed by atoms with Gasteiger partial charge >= 0.3 is 0 Å². The van der Waals surface area contributed by atoms with Crippen molar-refractivity contribution in [3.8, 4) is 11.5 Å². The molecule has 96 valence electrons. The Bertz CT molecular complexity index is 518. The number of phenols is 2. The largest absolute Gasteiger partial charge is 0.507 e. The van der Waals surface area contributed by atoms with Gasteiger partial charge < -0.3 is 15.5 Å². The van der Waals surface area contributed by atoms with Crippen LogP contribution in [-0.4, -0.2) is 46.6 Å². The minimum absolute atomic E-state index is 0.0567. The zero-order valence-corrected chi connectivity index (χ0v) is 10.1. The van der Waals surface area contributed by atoms with Gasteiger partial charge in [-0.15, -0.1) is 0 Å². The SMILES string of the molecule is O=C1CNCCN1C(=O)c1cc(Cl)c(O)cc1O. The first-order valence-electron chi connectivity index (χ1n) is 5.27. The molecule has 0 bridgehead atoms. The van der Waals surface area contributed by atoms with Gasteiger partial charge in [-0.2, -0.15) is 0 Å². The molecule has 0 atom stereocenters. The van der Waals surface area contributed by atoms with Gasteiger partial charge in [0.25, 0.3) is 5.91 Å². The fraction of sp³-hybridized carbons (Fsp3) is 0.273. The average Bonchev–Trinajstić information content (AvgIpc) is 2.33. The molecule has 0 aliphatic carbocycles. The number of carbonyl (C=O) groups is 2. The van der Waals surface area contributed by atoms with Crippen molar-refractivity contribution in [3.05, 3.63) is 22.7 Å². The zero-order chi connectivity index (χ0) is 13.3. The summed E-state index contributed by atoms with van der Waals surface area (Å²) in [4.78, 5) is 24.7. The van der Waals surface area contributed by atoms with E-state index in [-0.39, 0.29) is 35.3 Å². The Morgan fingerprint density at radius 2 is 2.06 bits per heavy atom. The van der Waals surface area contributed by atoms with Gasteiger partial charge in [-0.25, -0.2) is 0 Å². The van der Waals surface area contributed by atoms with E-state index < -0.39 is 11.7 Å². The Morgan fingerprint density at radius 1 is 1.33 bits per heavy atom. The molecule has 18 heavy (non-hydrogen) atoms. The van der Waals surface area contributed by atoms with Crippen molar-refractivity contribution in [1.29, 1.82) is 0 Å².